The molecule has 132 valence electrons. The first-order valence-corrected chi connectivity index (χ1v) is 13.4. The summed E-state index contributed by atoms with van der Waals surface area (Å²) in [4.78, 5) is 4.67. The Morgan fingerprint density at radius 1 is 1.04 bits per heavy atom. The van der Waals surface area contributed by atoms with Crippen LogP contribution in [0.15, 0.2) is 54.7 Å². The lowest BCUT2D eigenvalue weighted by atomic mass is 10.0. The molecular weight excluding hydrogens is 350 g/mol. The number of thiophene rings is 1. The zero-order valence-corrected chi connectivity index (χ0v) is 17.9. The summed E-state index contributed by atoms with van der Waals surface area (Å²) in [6, 6.07) is 17.3. The molecule has 1 nitrogen and oxygen atoms in total. The summed E-state index contributed by atoms with van der Waals surface area (Å²) >= 11 is 1.86. The SMILES string of the molecule is [2H]C(C)(C)c1ccnc(-c2ccc([Si](C)(C)C)c3c2sc2ccccc23)c1. The average Bonchev–Trinajstić information content (AvgIpc) is 2.99. The number of nitrogens with zero attached hydrogens (tertiary/aromatic N) is 1. The molecule has 0 N–H and O–H groups in total. The van der Waals surface area contributed by atoms with Crippen LogP contribution in [0, 0.1) is 0 Å². The number of hydrogen-bond acceptors (Lipinski definition) is 2. The molecule has 0 spiro atoms. The highest BCUT2D eigenvalue weighted by Gasteiger charge is 2.23. The Labute approximate surface area is 162 Å². The van der Waals surface area contributed by atoms with Gasteiger partial charge in [0.05, 0.1) is 13.8 Å². The molecule has 0 unspecified atom stereocenters. The van der Waals surface area contributed by atoms with Gasteiger partial charge in [0.25, 0.3) is 0 Å². The standard InChI is InChI=1S/C23H25NSSi/c1-15(2)16-12-13-24-19(14-16)17-10-11-21(26(3,4)5)22-18-8-6-7-9-20(18)25-23(17)22/h6-15H,1-5H3/i15D. The van der Waals surface area contributed by atoms with Crippen LogP contribution in [0.25, 0.3) is 31.4 Å². The van der Waals surface area contributed by atoms with E-state index in [9.17, 15) is 0 Å². The number of rotatable bonds is 3. The van der Waals surface area contributed by atoms with Crippen molar-refractivity contribution in [3.63, 3.8) is 0 Å². The van der Waals surface area contributed by atoms with E-state index in [1.165, 1.54) is 30.9 Å². The van der Waals surface area contributed by atoms with E-state index in [0.29, 0.717) is 0 Å². The lowest BCUT2D eigenvalue weighted by molar-refractivity contribution is 0.864. The minimum atomic E-state index is -1.49. The van der Waals surface area contributed by atoms with Gasteiger partial charge in [-0.1, -0.05) is 69.0 Å². The van der Waals surface area contributed by atoms with Crippen LogP contribution in [0.4, 0.5) is 0 Å². The van der Waals surface area contributed by atoms with Gasteiger partial charge in [-0.2, -0.15) is 0 Å². The number of pyridine rings is 1. The van der Waals surface area contributed by atoms with Gasteiger partial charge in [-0.3, -0.25) is 4.98 Å². The Hall–Kier alpha value is -1.97. The van der Waals surface area contributed by atoms with E-state index in [4.69, 9.17) is 1.37 Å². The van der Waals surface area contributed by atoms with Crippen molar-refractivity contribution in [1.82, 2.24) is 4.98 Å². The molecule has 0 fully saturated rings. The van der Waals surface area contributed by atoms with Crippen molar-refractivity contribution in [2.75, 3.05) is 0 Å². The van der Waals surface area contributed by atoms with E-state index in [1.807, 2.05) is 37.4 Å². The van der Waals surface area contributed by atoms with E-state index in [-0.39, 0.29) is 0 Å². The highest BCUT2D eigenvalue weighted by molar-refractivity contribution is 7.26. The fourth-order valence-corrected chi connectivity index (χ4v) is 6.48. The monoisotopic (exact) mass is 376 g/mol. The Balaban J connectivity index is 2.07. The maximum absolute atomic E-state index is 8.38. The lowest BCUT2D eigenvalue weighted by Gasteiger charge is -2.19. The number of hydrogen-bond donors (Lipinski definition) is 0. The summed E-state index contributed by atoms with van der Waals surface area (Å²) in [7, 11) is -1.49. The first-order chi connectivity index (χ1) is 12.7. The molecule has 0 amide bonds. The second-order valence-corrected chi connectivity index (χ2v) is 14.2. The summed E-state index contributed by atoms with van der Waals surface area (Å²) in [5, 5.41) is 4.27. The Morgan fingerprint density at radius 3 is 2.54 bits per heavy atom. The van der Waals surface area contributed by atoms with Crippen molar-refractivity contribution >= 4 is 44.8 Å². The average molecular weight is 377 g/mol. The quantitative estimate of drug-likeness (QED) is 0.359. The van der Waals surface area contributed by atoms with Crippen LogP contribution in [0.2, 0.25) is 19.6 Å². The van der Waals surface area contributed by atoms with Gasteiger partial charge in [0.1, 0.15) is 0 Å². The Morgan fingerprint density at radius 2 is 1.81 bits per heavy atom. The molecule has 0 atom stereocenters. The second kappa shape index (κ2) is 6.33. The first kappa shape index (κ1) is 16.2. The zero-order chi connectivity index (χ0) is 19.4. The van der Waals surface area contributed by atoms with Gasteiger partial charge in [-0.25, -0.2) is 0 Å². The van der Waals surface area contributed by atoms with Gasteiger partial charge in [0, 0.05) is 33.3 Å². The van der Waals surface area contributed by atoms with Gasteiger partial charge in [-0.05, 0) is 29.7 Å². The molecule has 0 aliphatic rings. The van der Waals surface area contributed by atoms with Gasteiger partial charge >= 0.3 is 0 Å². The fraction of sp³-hybridized carbons (Fsp3) is 0.261. The predicted octanol–water partition coefficient (Wildman–Crippen LogP) is 6.79. The molecule has 4 aromatic rings. The first-order valence-electron chi connectivity index (χ1n) is 9.58. The third kappa shape index (κ3) is 2.89. The molecule has 2 aromatic heterocycles. The Bertz CT molecular complexity index is 1150. The molecule has 3 heteroatoms. The van der Waals surface area contributed by atoms with Crippen molar-refractivity contribution in [3.8, 4) is 11.3 Å². The molecule has 2 heterocycles. The molecule has 4 rings (SSSR count). The van der Waals surface area contributed by atoms with Crippen molar-refractivity contribution in [2.45, 2.75) is 39.4 Å². The predicted molar refractivity (Wildman–Crippen MR) is 120 cm³/mol. The number of fused-ring (bicyclic) bond motifs is 3. The van der Waals surface area contributed by atoms with Crippen LogP contribution < -0.4 is 5.19 Å². The van der Waals surface area contributed by atoms with Crippen LogP contribution in [0.3, 0.4) is 0 Å². The van der Waals surface area contributed by atoms with Crippen molar-refractivity contribution in [1.29, 1.82) is 0 Å². The Kier molecular flexibility index (Phi) is 3.95. The van der Waals surface area contributed by atoms with E-state index < -0.39 is 14.0 Å². The van der Waals surface area contributed by atoms with Gasteiger partial charge in [0.15, 0.2) is 0 Å². The third-order valence-electron chi connectivity index (χ3n) is 4.95. The minimum Gasteiger partial charge on any atom is -0.256 e. The van der Waals surface area contributed by atoms with Gasteiger partial charge in [0.2, 0.25) is 0 Å². The van der Waals surface area contributed by atoms with Crippen molar-refractivity contribution < 1.29 is 1.37 Å². The highest BCUT2D eigenvalue weighted by Crippen LogP contribution is 2.39. The van der Waals surface area contributed by atoms with Crippen LogP contribution in [-0.2, 0) is 0 Å². The maximum Gasteiger partial charge on any atom is 0.0784 e. The van der Waals surface area contributed by atoms with Gasteiger partial charge < -0.3 is 0 Å². The third-order valence-corrected chi connectivity index (χ3v) is 8.18. The zero-order valence-electron chi connectivity index (χ0n) is 17.1. The summed E-state index contributed by atoms with van der Waals surface area (Å²) in [5.41, 5.74) is 3.14. The summed E-state index contributed by atoms with van der Waals surface area (Å²) < 4.78 is 11.0. The summed E-state index contributed by atoms with van der Waals surface area (Å²) in [6.07, 6.45) is 1.84. The molecule has 2 aromatic carbocycles. The molecule has 0 aliphatic heterocycles. The van der Waals surface area contributed by atoms with Gasteiger partial charge in [-0.15, -0.1) is 11.3 Å². The minimum absolute atomic E-state index is 0.630. The van der Waals surface area contributed by atoms with Crippen molar-refractivity contribution in [3.05, 3.63) is 60.3 Å². The number of benzene rings is 2. The number of aromatic nitrogens is 1. The summed E-state index contributed by atoms with van der Waals surface area (Å²) in [5.74, 6) is -0.630. The molecule has 0 saturated heterocycles. The van der Waals surface area contributed by atoms with E-state index in [0.717, 1.165) is 11.3 Å². The second-order valence-electron chi connectivity index (χ2n) is 8.14. The maximum atomic E-state index is 8.38. The topological polar surface area (TPSA) is 12.9 Å². The van der Waals surface area contributed by atoms with E-state index >= 15 is 0 Å². The normalized spacial score (nSPS) is 13.3. The van der Waals surface area contributed by atoms with Crippen molar-refractivity contribution in [2.24, 2.45) is 0 Å². The van der Waals surface area contributed by atoms with E-state index in [1.54, 1.807) is 0 Å². The summed E-state index contributed by atoms with van der Waals surface area (Å²) in [6.45, 7) is 11.1. The molecule has 0 radical (unpaired) electrons. The van der Waals surface area contributed by atoms with Crippen LogP contribution >= 0.6 is 11.3 Å². The molecular formula is C23H25NSSi. The van der Waals surface area contributed by atoms with Crippen LogP contribution in [-0.4, -0.2) is 13.1 Å². The molecule has 0 aliphatic carbocycles. The lowest BCUT2D eigenvalue weighted by Crippen LogP contribution is -2.37. The van der Waals surface area contributed by atoms with Crippen LogP contribution in [0.5, 0.6) is 0 Å². The van der Waals surface area contributed by atoms with Crippen LogP contribution in [0.1, 0.15) is 26.7 Å². The highest BCUT2D eigenvalue weighted by atomic mass is 32.1. The molecule has 26 heavy (non-hydrogen) atoms. The largest absolute Gasteiger partial charge is 0.256 e. The molecule has 0 saturated carbocycles. The molecule has 0 bridgehead atoms. The van der Waals surface area contributed by atoms with E-state index in [2.05, 4.69) is 67.1 Å². The fourth-order valence-electron chi connectivity index (χ4n) is 3.54. The smallest absolute Gasteiger partial charge is 0.0784 e.